The smallest absolute Gasteiger partial charge is 0.118 e. The third kappa shape index (κ3) is 3.58. The zero-order valence-corrected chi connectivity index (χ0v) is 11.8. The Morgan fingerprint density at radius 3 is 2.53 bits per heavy atom. The summed E-state index contributed by atoms with van der Waals surface area (Å²) in [5.74, 6) is 0.902. The Hall–Kier alpha value is -1.81. The van der Waals surface area contributed by atoms with Gasteiger partial charge in [-0.15, -0.1) is 0 Å². The molecule has 0 spiro atoms. The molecule has 1 atom stereocenters. The van der Waals surface area contributed by atoms with Crippen LogP contribution in [0.25, 0.3) is 0 Å². The lowest BCUT2D eigenvalue weighted by Crippen LogP contribution is -2.18. The van der Waals surface area contributed by atoms with Crippen LogP contribution in [-0.2, 0) is 13.5 Å². The van der Waals surface area contributed by atoms with Crippen molar-refractivity contribution >= 4 is 0 Å². The first-order valence-electron chi connectivity index (χ1n) is 6.52. The summed E-state index contributed by atoms with van der Waals surface area (Å²) in [6.45, 7) is 0. The number of hydrogen-bond acceptors (Lipinski definition) is 3. The highest BCUT2D eigenvalue weighted by Gasteiger charge is 2.11. The molecular formula is C15H21N3O. The molecule has 0 aliphatic rings. The van der Waals surface area contributed by atoms with E-state index in [0.717, 1.165) is 24.3 Å². The Morgan fingerprint density at radius 1 is 1.26 bits per heavy atom. The van der Waals surface area contributed by atoms with Crippen LogP contribution in [0.15, 0.2) is 36.5 Å². The maximum absolute atomic E-state index is 5.16. The number of methoxy groups -OCH3 is 1. The predicted molar refractivity (Wildman–Crippen MR) is 76.3 cm³/mol. The van der Waals surface area contributed by atoms with Crippen molar-refractivity contribution in [3.05, 3.63) is 47.8 Å². The average Bonchev–Trinajstić information content (AvgIpc) is 2.87. The largest absolute Gasteiger partial charge is 0.497 e. The van der Waals surface area contributed by atoms with Gasteiger partial charge < -0.3 is 10.1 Å². The Kier molecular flexibility index (Phi) is 4.58. The third-order valence-electron chi connectivity index (χ3n) is 3.32. The van der Waals surface area contributed by atoms with Gasteiger partial charge >= 0.3 is 0 Å². The number of rotatable bonds is 6. The quantitative estimate of drug-likeness (QED) is 0.865. The van der Waals surface area contributed by atoms with E-state index >= 15 is 0 Å². The molecular weight excluding hydrogens is 238 g/mol. The number of nitrogens with zero attached hydrogens (tertiary/aromatic N) is 2. The monoisotopic (exact) mass is 259 g/mol. The summed E-state index contributed by atoms with van der Waals surface area (Å²) in [7, 11) is 5.61. The van der Waals surface area contributed by atoms with E-state index in [2.05, 4.69) is 28.6 Å². The van der Waals surface area contributed by atoms with E-state index in [0.29, 0.717) is 6.04 Å². The highest BCUT2D eigenvalue weighted by atomic mass is 16.5. The molecule has 1 aromatic heterocycles. The first-order chi connectivity index (χ1) is 9.22. The third-order valence-corrected chi connectivity index (χ3v) is 3.32. The summed E-state index contributed by atoms with van der Waals surface area (Å²) < 4.78 is 7.00. The number of ether oxygens (including phenoxy) is 1. The summed E-state index contributed by atoms with van der Waals surface area (Å²) in [6.07, 6.45) is 4.03. The molecule has 4 heteroatoms. The van der Waals surface area contributed by atoms with Crippen molar-refractivity contribution in [2.24, 2.45) is 7.05 Å². The van der Waals surface area contributed by atoms with Gasteiger partial charge in [-0.3, -0.25) is 4.68 Å². The Morgan fingerprint density at radius 2 is 2.00 bits per heavy atom. The second-order valence-electron chi connectivity index (χ2n) is 4.64. The van der Waals surface area contributed by atoms with Crippen molar-refractivity contribution in [2.45, 2.75) is 18.9 Å². The molecule has 0 fully saturated rings. The van der Waals surface area contributed by atoms with E-state index < -0.39 is 0 Å². The molecule has 0 radical (unpaired) electrons. The summed E-state index contributed by atoms with van der Waals surface area (Å²) in [5, 5.41) is 7.78. The molecule has 19 heavy (non-hydrogen) atoms. The van der Waals surface area contributed by atoms with Crippen LogP contribution in [0.3, 0.4) is 0 Å². The lowest BCUT2D eigenvalue weighted by atomic mass is 10.0. The molecule has 2 aromatic rings. The van der Waals surface area contributed by atoms with Gasteiger partial charge in [0.25, 0.3) is 0 Å². The SMILES string of the molecule is CNC(CCc1ccc(OC)cc1)c1ccn(C)n1. The first-order valence-corrected chi connectivity index (χ1v) is 6.52. The van der Waals surface area contributed by atoms with Gasteiger partial charge in [-0.05, 0) is 43.7 Å². The van der Waals surface area contributed by atoms with Crippen LogP contribution >= 0.6 is 0 Å². The highest BCUT2D eigenvalue weighted by Crippen LogP contribution is 2.18. The van der Waals surface area contributed by atoms with Crippen LogP contribution < -0.4 is 10.1 Å². The van der Waals surface area contributed by atoms with Crippen molar-refractivity contribution in [3.8, 4) is 5.75 Å². The molecule has 1 unspecified atom stereocenters. The van der Waals surface area contributed by atoms with Crippen LogP contribution in [0.4, 0.5) is 0 Å². The zero-order chi connectivity index (χ0) is 13.7. The van der Waals surface area contributed by atoms with E-state index in [1.165, 1.54) is 5.56 Å². The molecule has 0 bridgehead atoms. The standard InChI is InChI=1S/C15H21N3O/c1-16-14(15-10-11-18(2)17-15)9-6-12-4-7-13(19-3)8-5-12/h4-5,7-8,10-11,14,16H,6,9H2,1-3H3. The number of nitrogens with one attached hydrogen (secondary N) is 1. The highest BCUT2D eigenvalue weighted by molar-refractivity contribution is 5.27. The minimum atomic E-state index is 0.295. The average molecular weight is 259 g/mol. The van der Waals surface area contributed by atoms with Gasteiger partial charge in [0.15, 0.2) is 0 Å². The first kappa shape index (κ1) is 13.6. The molecule has 2 rings (SSSR count). The minimum absolute atomic E-state index is 0.295. The molecule has 102 valence electrons. The lowest BCUT2D eigenvalue weighted by molar-refractivity contribution is 0.414. The van der Waals surface area contributed by atoms with Crippen molar-refractivity contribution in [3.63, 3.8) is 0 Å². The van der Waals surface area contributed by atoms with E-state index in [9.17, 15) is 0 Å². The van der Waals surface area contributed by atoms with Crippen LogP contribution in [0.5, 0.6) is 5.75 Å². The van der Waals surface area contributed by atoms with Crippen molar-refractivity contribution in [1.82, 2.24) is 15.1 Å². The summed E-state index contributed by atoms with van der Waals surface area (Å²) in [5.41, 5.74) is 2.41. The molecule has 0 aliphatic heterocycles. The molecule has 0 saturated heterocycles. The van der Waals surface area contributed by atoms with Gasteiger partial charge in [0, 0.05) is 13.2 Å². The number of hydrogen-bond donors (Lipinski definition) is 1. The topological polar surface area (TPSA) is 39.1 Å². The predicted octanol–water partition coefficient (Wildman–Crippen LogP) is 2.32. The molecule has 4 nitrogen and oxygen atoms in total. The second-order valence-corrected chi connectivity index (χ2v) is 4.64. The van der Waals surface area contributed by atoms with Gasteiger partial charge in [0.05, 0.1) is 18.8 Å². The van der Waals surface area contributed by atoms with Crippen molar-refractivity contribution < 1.29 is 4.74 Å². The number of benzene rings is 1. The van der Waals surface area contributed by atoms with Crippen LogP contribution in [0.2, 0.25) is 0 Å². The van der Waals surface area contributed by atoms with E-state index in [4.69, 9.17) is 4.74 Å². The summed E-state index contributed by atoms with van der Waals surface area (Å²) in [6, 6.07) is 10.6. The summed E-state index contributed by atoms with van der Waals surface area (Å²) in [4.78, 5) is 0. The fourth-order valence-electron chi connectivity index (χ4n) is 2.16. The molecule has 0 aliphatic carbocycles. The molecule has 0 saturated carbocycles. The lowest BCUT2D eigenvalue weighted by Gasteiger charge is -2.13. The Bertz CT molecular complexity index is 504. The van der Waals surface area contributed by atoms with Crippen molar-refractivity contribution in [2.75, 3.05) is 14.2 Å². The van der Waals surface area contributed by atoms with Crippen LogP contribution in [0, 0.1) is 0 Å². The van der Waals surface area contributed by atoms with Gasteiger partial charge in [-0.2, -0.15) is 5.10 Å². The fourth-order valence-corrected chi connectivity index (χ4v) is 2.16. The fraction of sp³-hybridized carbons (Fsp3) is 0.400. The Balaban J connectivity index is 1.95. The van der Waals surface area contributed by atoms with Gasteiger partial charge in [0.2, 0.25) is 0 Å². The molecule has 1 aromatic carbocycles. The van der Waals surface area contributed by atoms with Gasteiger partial charge in [-0.1, -0.05) is 12.1 Å². The molecule has 0 amide bonds. The maximum Gasteiger partial charge on any atom is 0.118 e. The molecule has 1 heterocycles. The second kappa shape index (κ2) is 6.38. The summed E-state index contributed by atoms with van der Waals surface area (Å²) >= 11 is 0. The van der Waals surface area contributed by atoms with Crippen molar-refractivity contribution in [1.29, 1.82) is 0 Å². The number of aryl methyl sites for hydroxylation is 2. The number of aromatic nitrogens is 2. The van der Waals surface area contributed by atoms with E-state index in [1.54, 1.807) is 7.11 Å². The maximum atomic E-state index is 5.16. The Labute approximate surface area is 114 Å². The van der Waals surface area contributed by atoms with Crippen LogP contribution in [0.1, 0.15) is 23.7 Å². The van der Waals surface area contributed by atoms with E-state index in [-0.39, 0.29) is 0 Å². The zero-order valence-electron chi connectivity index (χ0n) is 11.8. The minimum Gasteiger partial charge on any atom is -0.497 e. The van der Waals surface area contributed by atoms with Gasteiger partial charge in [0.1, 0.15) is 5.75 Å². The molecule has 1 N–H and O–H groups in total. The van der Waals surface area contributed by atoms with Crippen LogP contribution in [-0.4, -0.2) is 23.9 Å². The van der Waals surface area contributed by atoms with Gasteiger partial charge in [-0.25, -0.2) is 0 Å². The van der Waals surface area contributed by atoms with E-state index in [1.807, 2.05) is 37.1 Å². The normalized spacial score (nSPS) is 12.4.